The number of rotatable bonds is 2. The van der Waals surface area contributed by atoms with E-state index in [1.807, 2.05) is 30.5 Å². The van der Waals surface area contributed by atoms with Crippen LogP contribution in [0.4, 0.5) is 5.82 Å². The molecule has 1 aliphatic heterocycles. The Hall–Kier alpha value is -1.88. The van der Waals surface area contributed by atoms with Crippen LogP contribution in [0.5, 0.6) is 0 Å². The number of β-amino-alcohol motifs (C(OH)–C–C–N with tert-alkyl or cyclic N) is 1. The van der Waals surface area contributed by atoms with Crippen LogP contribution in [0.25, 0.3) is 11.4 Å². The summed E-state index contributed by atoms with van der Waals surface area (Å²) in [5, 5.41) is 18.1. The van der Waals surface area contributed by atoms with Crippen LogP contribution in [0.3, 0.4) is 0 Å². The van der Waals surface area contributed by atoms with Crippen LogP contribution in [0.2, 0.25) is 0 Å². The van der Waals surface area contributed by atoms with E-state index in [0.717, 1.165) is 36.6 Å². The Balaban J connectivity index is 1.78. The third-order valence-electron chi connectivity index (χ3n) is 3.24. The summed E-state index contributed by atoms with van der Waals surface area (Å²) in [5.74, 6) is 0.837. The molecule has 1 fully saturated rings. The van der Waals surface area contributed by atoms with Crippen LogP contribution >= 0.6 is 0 Å². The van der Waals surface area contributed by atoms with Gasteiger partial charge in [-0.25, -0.2) is 0 Å². The molecule has 3 rings (SSSR count). The second kappa shape index (κ2) is 4.78. The fraction of sp³-hybridized carbons (Fsp3) is 0.385. The van der Waals surface area contributed by atoms with Gasteiger partial charge in [0.2, 0.25) is 0 Å². The predicted molar refractivity (Wildman–Crippen MR) is 69.3 cm³/mol. The van der Waals surface area contributed by atoms with E-state index in [9.17, 15) is 5.11 Å². The molecule has 0 aliphatic carbocycles. The van der Waals surface area contributed by atoms with Gasteiger partial charge in [0.15, 0.2) is 5.82 Å². The van der Waals surface area contributed by atoms with Gasteiger partial charge in [0.05, 0.1) is 11.8 Å². The van der Waals surface area contributed by atoms with Gasteiger partial charge < -0.3 is 15.0 Å². The van der Waals surface area contributed by atoms with E-state index in [-0.39, 0.29) is 6.10 Å². The van der Waals surface area contributed by atoms with Gasteiger partial charge in [-0.05, 0) is 37.1 Å². The Morgan fingerprint density at radius 2 is 2.22 bits per heavy atom. The maximum atomic E-state index is 9.65. The van der Waals surface area contributed by atoms with Gasteiger partial charge >= 0.3 is 0 Å². The summed E-state index contributed by atoms with van der Waals surface area (Å²) < 4.78 is 0. The van der Waals surface area contributed by atoms with Crippen molar-refractivity contribution in [2.75, 3.05) is 18.0 Å². The van der Waals surface area contributed by atoms with Gasteiger partial charge in [-0.3, -0.25) is 0 Å². The second-order valence-corrected chi connectivity index (χ2v) is 4.60. The minimum Gasteiger partial charge on any atom is -0.391 e. The third-order valence-corrected chi connectivity index (χ3v) is 3.24. The summed E-state index contributed by atoms with van der Waals surface area (Å²) in [7, 11) is 0. The largest absolute Gasteiger partial charge is 0.391 e. The van der Waals surface area contributed by atoms with E-state index < -0.39 is 0 Å². The Bertz CT molecular complexity index is 494. The van der Waals surface area contributed by atoms with Gasteiger partial charge in [-0.15, -0.1) is 10.2 Å². The molecule has 1 atom stereocenters. The lowest BCUT2D eigenvalue weighted by atomic mass is 10.1. The highest BCUT2D eigenvalue weighted by atomic mass is 16.3. The summed E-state index contributed by atoms with van der Waals surface area (Å²) in [6.07, 6.45) is 3.50. The maximum Gasteiger partial charge on any atom is 0.151 e. The number of anilines is 1. The molecule has 0 aromatic carbocycles. The molecule has 3 heterocycles. The Morgan fingerprint density at radius 3 is 2.89 bits per heavy atom. The molecule has 94 valence electrons. The van der Waals surface area contributed by atoms with Crippen molar-refractivity contribution >= 4 is 5.82 Å². The minimum absolute atomic E-state index is 0.247. The van der Waals surface area contributed by atoms with Gasteiger partial charge in [0.1, 0.15) is 5.69 Å². The van der Waals surface area contributed by atoms with Crippen molar-refractivity contribution in [1.29, 1.82) is 0 Å². The molecule has 1 saturated heterocycles. The average molecular weight is 244 g/mol. The molecule has 0 spiro atoms. The third kappa shape index (κ3) is 2.22. The normalized spacial score (nSPS) is 20.1. The van der Waals surface area contributed by atoms with Gasteiger partial charge in [0, 0.05) is 19.3 Å². The Morgan fingerprint density at radius 1 is 1.28 bits per heavy atom. The number of aliphatic hydroxyl groups is 1. The van der Waals surface area contributed by atoms with E-state index in [1.54, 1.807) is 0 Å². The number of nitrogens with zero attached hydrogens (tertiary/aromatic N) is 3. The minimum atomic E-state index is -0.247. The molecule has 0 saturated carbocycles. The molecule has 0 bridgehead atoms. The van der Waals surface area contributed by atoms with Crippen molar-refractivity contribution in [1.82, 2.24) is 15.2 Å². The molecule has 2 aromatic heterocycles. The van der Waals surface area contributed by atoms with E-state index in [4.69, 9.17) is 0 Å². The first-order chi connectivity index (χ1) is 8.83. The van der Waals surface area contributed by atoms with Gasteiger partial charge in [-0.1, -0.05) is 0 Å². The zero-order valence-electron chi connectivity index (χ0n) is 10.1. The number of aliphatic hydroxyl groups excluding tert-OH is 1. The van der Waals surface area contributed by atoms with Crippen LogP contribution < -0.4 is 4.90 Å². The number of nitrogens with one attached hydrogen (secondary N) is 1. The summed E-state index contributed by atoms with van der Waals surface area (Å²) in [6.45, 7) is 1.59. The first-order valence-electron chi connectivity index (χ1n) is 6.23. The van der Waals surface area contributed by atoms with Crippen molar-refractivity contribution in [2.24, 2.45) is 0 Å². The smallest absolute Gasteiger partial charge is 0.151 e. The lowest BCUT2D eigenvalue weighted by Crippen LogP contribution is -2.38. The monoisotopic (exact) mass is 244 g/mol. The van der Waals surface area contributed by atoms with E-state index in [2.05, 4.69) is 20.1 Å². The van der Waals surface area contributed by atoms with Crippen LogP contribution in [-0.2, 0) is 0 Å². The second-order valence-electron chi connectivity index (χ2n) is 4.60. The van der Waals surface area contributed by atoms with E-state index in [1.165, 1.54) is 0 Å². The first kappa shape index (κ1) is 11.2. The highest BCUT2D eigenvalue weighted by molar-refractivity contribution is 5.55. The number of piperidine rings is 1. The number of aromatic amines is 1. The lowest BCUT2D eigenvalue weighted by molar-refractivity contribution is 0.154. The molecule has 2 aromatic rings. The fourth-order valence-electron chi connectivity index (χ4n) is 2.29. The zero-order chi connectivity index (χ0) is 12.4. The molecule has 5 heteroatoms. The lowest BCUT2D eigenvalue weighted by Gasteiger charge is -2.30. The standard InChI is InChI=1S/C13H16N4O/c18-10-3-2-8-17(9-10)13-6-5-12(15-16-13)11-4-1-7-14-11/h1,4-7,10,14,18H,2-3,8-9H2. The summed E-state index contributed by atoms with van der Waals surface area (Å²) >= 11 is 0. The summed E-state index contributed by atoms with van der Waals surface area (Å²) in [6, 6.07) is 7.82. The number of hydrogen-bond donors (Lipinski definition) is 2. The molecule has 18 heavy (non-hydrogen) atoms. The average Bonchev–Trinajstić information content (AvgIpc) is 2.93. The highest BCUT2D eigenvalue weighted by Gasteiger charge is 2.19. The topological polar surface area (TPSA) is 65.0 Å². The summed E-state index contributed by atoms with van der Waals surface area (Å²) in [5.41, 5.74) is 1.80. The molecule has 5 nitrogen and oxygen atoms in total. The molecule has 0 amide bonds. The first-order valence-corrected chi connectivity index (χ1v) is 6.23. The van der Waals surface area contributed by atoms with Crippen LogP contribution in [-0.4, -0.2) is 39.5 Å². The molecular formula is C13H16N4O. The van der Waals surface area contributed by atoms with Crippen molar-refractivity contribution in [2.45, 2.75) is 18.9 Å². The van der Waals surface area contributed by atoms with Gasteiger partial charge in [-0.2, -0.15) is 0 Å². The van der Waals surface area contributed by atoms with Crippen molar-refractivity contribution in [3.05, 3.63) is 30.5 Å². The number of hydrogen-bond acceptors (Lipinski definition) is 4. The van der Waals surface area contributed by atoms with Crippen LogP contribution in [0, 0.1) is 0 Å². The van der Waals surface area contributed by atoms with Gasteiger partial charge in [0.25, 0.3) is 0 Å². The quantitative estimate of drug-likeness (QED) is 0.838. The zero-order valence-corrected chi connectivity index (χ0v) is 10.1. The highest BCUT2D eigenvalue weighted by Crippen LogP contribution is 2.19. The number of H-pyrrole nitrogens is 1. The van der Waals surface area contributed by atoms with E-state index >= 15 is 0 Å². The Labute approximate surface area is 105 Å². The molecule has 1 aliphatic rings. The van der Waals surface area contributed by atoms with Crippen LogP contribution in [0.1, 0.15) is 12.8 Å². The summed E-state index contributed by atoms with van der Waals surface area (Å²) in [4.78, 5) is 5.19. The molecule has 2 N–H and O–H groups in total. The Kier molecular flexibility index (Phi) is 2.98. The van der Waals surface area contributed by atoms with Crippen LogP contribution in [0.15, 0.2) is 30.5 Å². The maximum absolute atomic E-state index is 9.65. The molecule has 0 radical (unpaired) electrons. The number of aromatic nitrogens is 3. The van der Waals surface area contributed by atoms with Crippen molar-refractivity contribution in [3.63, 3.8) is 0 Å². The van der Waals surface area contributed by atoms with E-state index in [0.29, 0.717) is 6.54 Å². The fourth-order valence-corrected chi connectivity index (χ4v) is 2.29. The van der Waals surface area contributed by atoms with Crippen molar-refractivity contribution in [3.8, 4) is 11.4 Å². The SMILES string of the molecule is OC1CCCN(c2ccc(-c3ccc[nH]3)nn2)C1. The molecular weight excluding hydrogens is 228 g/mol. The van der Waals surface area contributed by atoms with Crippen molar-refractivity contribution < 1.29 is 5.11 Å². The molecule has 1 unspecified atom stereocenters. The predicted octanol–water partition coefficient (Wildman–Crippen LogP) is 1.43.